The lowest BCUT2D eigenvalue weighted by molar-refractivity contribution is -0.130. The first-order chi connectivity index (χ1) is 13.3. The van der Waals surface area contributed by atoms with E-state index in [1.807, 2.05) is 6.92 Å². The summed E-state index contributed by atoms with van der Waals surface area (Å²) in [6.45, 7) is 1.69. The molecule has 1 atom stereocenters. The van der Waals surface area contributed by atoms with Crippen molar-refractivity contribution in [1.82, 2.24) is 5.48 Å². The van der Waals surface area contributed by atoms with E-state index in [1.54, 1.807) is 24.3 Å². The second-order valence-electron chi connectivity index (χ2n) is 6.29. The van der Waals surface area contributed by atoms with Gasteiger partial charge in [-0.2, -0.15) is 0 Å². The number of primary amides is 2. The number of carbonyl (C=O) groups excluding carboxylic acids is 3. The predicted octanol–water partition coefficient (Wildman–Crippen LogP) is 0.526. The molecule has 1 aromatic rings. The minimum Gasteiger partial charge on any atom is -0.447 e. The Balaban J connectivity index is 2.19. The van der Waals surface area contributed by atoms with E-state index < -0.39 is 17.9 Å². The van der Waals surface area contributed by atoms with Crippen LogP contribution >= 0.6 is 0 Å². The molecule has 0 spiro atoms. The van der Waals surface area contributed by atoms with Crippen molar-refractivity contribution in [3.63, 3.8) is 0 Å². The van der Waals surface area contributed by atoms with Crippen molar-refractivity contribution in [1.29, 1.82) is 0 Å². The van der Waals surface area contributed by atoms with Crippen LogP contribution in [-0.2, 0) is 14.4 Å². The summed E-state index contributed by atoms with van der Waals surface area (Å²) in [6.07, 6.45) is 1.47. The summed E-state index contributed by atoms with van der Waals surface area (Å²) in [6, 6.07) is 4.65. The van der Waals surface area contributed by atoms with E-state index in [0.29, 0.717) is 34.5 Å². The van der Waals surface area contributed by atoms with Gasteiger partial charge in [-0.15, -0.1) is 0 Å². The van der Waals surface area contributed by atoms with Gasteiger partial charge in [0.25, 0.3) is 5.91 Å². The van der Waals surface area contributed by atoms with Crippen molar-refractivity contribution < 1.29 is 24.0 Å². The Morgan fingerprint density at radius 3 is 2.64 bits per heavy atom. The molecule has 0 saturated heterocycles. The molecular weight excluding hydrogens is 366 g/mol. The first-order valence-corrected chi connectivity index (χ1v) is 8.57. The summed E-state index contributed by atoms with van der Waals surface area (Å²) >= 11 is 0. The van der Waals surface area contributed by atoms with Crippen molar-refractivity contribution in [2.45, 2.75) is 25.8 Å². The number of hydroxylamine groups is 1. The molecule has 0 saturated carbocycles. The Bertz CT molecular complexity index is 832. The maximum absolute atomic E-state index is 12.5. The van der Waals surface area contributed by atoms with Crippen LogP contribution in [0.2, 0.25) is 0 Å². The van der Waals surface area contributed by atoms with Gasteiger partial charge in [-0.3, -0.25) is 19.4 Å². The number of hydrogen-bond donors (Lipinski definition) is 4. The number of carbonyl (C=O) groups is 3. The van der Waals surface area contributed by atoms with Crippen molar-refractivity contribution >= 4 is 35.4 Å². The zero-order chi connectivity index (χ0) is 20.7. The Hall–Kier alpha value is -3.24. The molecule has 2 rings (SSSR count). The zero-order valence-corrected chi connectivity index (χ0v) is 15.4. The van der Waals surface area contributed by atoms with E-state index in [-0.39, 0.29) is 25.7 Å². The molecule has 1 heterocycles. The van der Waals surface area contributed by atoms with Gasteiger partial charge in [-0.25, -0.2) is 10.3 Å². The van der Waals surface area contributed by atoms with E-state index in [9.17, 15) is 14.4 Å². The fraction of sp³-hybridized carbons (Fsp3) is 0.333. The Morgan fingerprint density at radius 1 is 1.25 bits per heavy atom. The molecular formula is C18H23N5O5. The average molecular weight is 389 g/mol. The van der Waals surface area contributed by atoms with Gasteiger partial charge in [0.05, 0.1) is 5.69 Å². The van der Waals surface area contributed by atoms with Gasteiger partial charge in [0.1, 0.15) is 13.2 Å². The molecule has 7 N–H and O–H groups in total. The van der Waals surface area contributed by atoms with Gasteiger partial charge in [-0.05, 0) is 25.1 Å². The van der Waals surface area contributed by atoms with Crippen LogP contribution in [0.3, 0.4) is 0 Å². The summed E-state index contributed by atoms with van der Waals surface area (Å²) < 4.78 is 4.50. The van der Waals surface area contributed by atoms with Crippen LogP contribution in [0.25, 0.3) is 6.08 Å². The lowest BCUT2D eigenvalue weighted by Gasteiger charge is -2.11. The van der Waals surface area contributed by atoms with Crippen LogP contribution in [0.15, 0.2) is 28.8 Å². The van der Waals surface area contributed by atoms with Crippen LogP contribution in [0.1, 0.15) is 35.7 Å². The van der Waals surface area contributed by atoms with Crippen LogP contribution in [-0.4, -0.2) is 42.9 Å². The third-order valence-corrected chi connectivity index (χ3v) is 3.76. The average Bonchev–Trinajstić information content (AvgIpc) is 2.78. The lowest BCUT2D eigenvalue weighted by Crippen LogP contribution is -2.29. The molecule has 0 radical (unpaired) electrons. The molecule has 0 aromatic heterocycles. The molecule has 3 amide bonds. The van der Waals surface area contributed by atoms with Gasteiger partial charge in [-0.1, -0.05) is 6.07 Å². The highest BCUT2D eigenvalue weighted by Crippen LogP contribution is 2.29. The van der Waals surface area contributed by atoms with Gasteiger partial charge in [0, 0.05) is 41.3 Å². The van der Waals surface area contributed by atoms with Gasteiger partial charge >= 0.3 is 6.09 Å². The zero-order valence-electron chi connectivity index (χ0n) is 15.4. The molecule has 1 aliphatic heterocycles. The highest BCUT2D eigenvalue weighted by atomic mass is 16.7. The molecule has 28 heavy (non-hydrogen) atoms. The summed E-state index contributed by atoms with van der Waals surface area (Å²) in [4.78, 5) is 44.0. The SMILES string of the molecule is CC(N)CC1=Nc2cc(C(N)=O)ccc2C=C(C(=O)NOCCOC(N)=O)C1. The third-order valence-electron chi connectivity index (χ3n) is 3.76. The normalized spacial score (nSPS) is 14.1. The third kappa shape index (κ3) is 6.18. The van der Waals surface area contributed by atoms with Crippen LogP contribution in [0.5, 0.6) is 0 Å². The predicted molar refractivity (Wildman–Crippen MR) is 103 cm³/mol. The number of aliphatic imine (C=N–C) groups is 1. The Labute approximate surface area is 161 Å². The van der Waals surface area contributed by atoms with E-state index in [2.05, 4.69) is 15.2 Å². The first-order valence-electron chi connectivity index (χ1n) is 8.57. The standard InChI is InChI=1S/C18H23N5O5/c1-10(19)6-14-8-13(17(25)23-28-5-4-27-18(21)26)7-11-2-3-12(16(20)24)9-15(11)22-14/h2-3,7,9-10H,4-6,8,19H2,1H3,(H2,20,24)(H2,21,26)(H,23,25). The molecule has 0 fully saturated rings. The van der Waals surface area contributed by atoms with Gasteiger partial charge in [0.15, 0.2) is 0 Å². The fourth-order valence-electron chi connectivity index (χ4n) is 2.59. The molecule has 0 aliphatic carbocycles. The maximum Gasteiger partial charge on any atom is 0.404 e. The summed E-state index contributed by atoms with van der Waals surface area (Å²) in [5, 5.41) is 0. The molecule has 0 bridgehead atoms. The topological polar surface area (TPSA) is 172 Å². The number of rotatable bonds is 8. The van der Waals surface area contributed by atoms with Crippen LogP contribution in [0.4, 0.5) is 10.5 Å². The largest absolute Gasteiger partial charge is 0.447 e. The minimum absolute atomic E-state index is 0.0543. The van der Waals surface area contributed by atoms with E-state index >= 15 is 0 Å². The summed E-state index contributed by atoms with van der Waals surface area (Å²) in [5.74, 6) is -1.03. The number of ether oxygens (including phenoxy) is 1. The molecule has 1 unspecified atom stereocenters. The van der Waals surface area contributed by atoms with Crippen molar-refractivity contribution in [3.8, 4) is 0 Å². The highest BCUT2D eigenvalue weighted by Gasteiger charge is 2.19. The monoisotopic (exact) mass is 389 g/mol. The highest BCUT2D eigenvalue weighted by molar-refractivity contribution is 6.06. The molecule has 10 nitrogen and oxygen atoms in total. The minimum atomic E-state index is -0.926. The van der Waals surface area contributed by atoms with Crippen molar-refractivity contribution in [3.05, 3.63) is 34.9 Å². The number of nitrogens with zero attached hydrogens (tertiary/aromatic N) is 1. The smallest absolute Gasteiger partial charge is 0.404 e. The van der Waals surface area contributed by atoms with E-state index in [4.69, 9.17) is 22.0 Å². The second kappa shape index (κ2) is 9.62. The second-order valence-corrected chi connectivity index (χ2v) is 6.29. The molecule has 10 heteroatoms. The molecule has 1 aromatic carbocycles. The fourth-order valence-corrected chi connectivity index (χ4v) is 2.59. The Kier molecular flexibility index (Phi) is 7.24. The van der Waals surface area contributed by atoms with E-state index in [1.165, 1.54) is 0 Å². The van der Waals surface area contributed by atoms with Crippen LogP contribution < -0.4 is 22.7 Å². The van der Waals surface area contributed by atoms with E-state index in [0.717, 1.165) is 0 Å². The lowest BCUT2D eigenvalue weighted by atomic mass is 10.0. The summed E-state index contributed by atoms with van der Waals surface area (Å²) in [5.41, 5.74) is 20.9. The number of nitrogens with two attached hydrogens (primary N) is 3. The molecule has 1 aliphatic rings. The van der Waals surface area contributed by atoms with Crippen molar-refractivity contribution in [2.75, 3.05) is 13.2 Å². The quantitative estimate of drug-likeness (QED) is 0.373. The Morgan fingerprint density at radius 2 is 2.00 bits per heavy atom. The van der Waals surface area contributed by atoms with Gasteiger partial charge < -0.3 is 21.9 Å². The summed E-state index contributed by atoms with van der Waals surface area (Å²) in [7, 11) is 0. The number of benzene rings is 1. The number of fused-ring (bicyclic) bond motifs is 1. The number of hydrogen-bond acceptors (Lipinski definition) is 7. The van der Waals surface area contributed by atoms with Crippen LogP contribution in [0, 0.1) is 0 Å². The molecule has 150 valence electrons. The first kappa shape index (κ1) is 21.1. The number of amides is 3. The maximum atomic E-state index is 12.5. The van der Waals surface area contributed by atoms with Crippen molar-refractivity contribution in [2.24, 2.45) is 22.2 Å². The van der Waals surface area contributed by atoms with Gasteiger partial charge in [0.2, 0.25) is 5.91 Å². The number of nitrogens with one attached hydrogen (secondary N) is 1.